The molecule has 1 aromatic carbocycles. The van der Waals surface area contributed by atoms with E-state index in [0.29, 0.717) is 0 Å². The first-order valence-electron chi connectivity index (χ1n) is 8.03. The molecular formula is C17H21FN2O4. The summed E-state index contributed by atoms with van der Waals surface area (Å²) in [7, 11) is 0. The average molecular weight is 336 g/mol. The summed E-state index contributed by atoms with van der Waals surface area (Å²) in [5.74, 6) is -1.94. The third-order valence-corrected chi connectivity index (χ3v) is 3.91. The van der Waals surface area contributed by atoms with Crippen LogP contribution in [0.25, 0.3) is 0 Å². The van der Waals surface area contributed by atoms with Crippen molar-refractivity contribution in [3.63, 3.8) is 0 Å². The van der Waals surface area contributed by atoms with Gasteiger partial charge in [-0.25, -0.2) is 14.0 Å². The van der Waals surface area contributed by atoms with Crippen LogP contribution in [0.2, 0.25) is 0 Å². The monoisotopic (exact) mass is 336 g/mol. The van der Waals surface area contributed by atoms with E-state index in [1.807, 2.05) is 0 Å². The van der Waals surface area contributed by atoms with Crippen molar-refractivity contribution in [2.45, 2.75) is 51.2 Å². The van der Waals surface area contributed by atoms with Crippen LogP contribution in [-0.2, 0) is 9.53 Å². The van der Waals surface area contributed by atoms with Gasteiger partial charge >= 0.3 is 12.0 Å². The summed E-state index contributed by atoms with van der Waals surface area (Å²) in [5, 5.41) is 4.91. The van der Waals surface area contributed by atoms with Gasteiger partial charge in [0.2, 0.25) is 0 Å². The highest BCUT2D eigenvalue weighted by molar-refractivity contribution is 5.98. The van der Waals surface area contributed by atoms with Gasteiger partial charge in [0.05, 0.1) is 5.56 Å². The predicted octanol–water partition coefficient (Wildman–Crippen LogP) is 2.53. The van der Waals surface area contributed by atoms with Gasteiger partial charge in [-0.05, 0) is 44.0 Å². The molecule has 1 aliphatic rings. The first-order chi connectivity index (χ1) is 11.5. The number of hydrogen-bond donors (Lipinski definition) is 2. The van der Waals surface area contributed by atoms with Crippen molar-refractivity contribution in [3.8, 4) is 0 Å². The van der Waals surface area contributed by atoms with E-state index in [9.17, 15) is 18.8 Å². The van der Waals surface area contributed by atoms with Crippen LogP contribution in [0.3, 0.4) is 0 Å². The van der Waals surface area contributed by atoms with E-state index in [1.54, 1.807) is 0 Å². The molecule has 2 rings (SSSR count). The van der Waals surface area contributed by atoms with Gasteiger partial charge in [0.25, 0.3) is 5.91 Å². The van der Waals surface area contributed by atoms with E-state index < -0.39 is 29.8 Å². The summed E-state index contributed by atoms with van der Waals surface area (Å²) in [6.45, 7) is 1.37. The number of hydrogen-bond acceptors (Lipinski definition) is 4. The number of rotatable bonds is 4. The summed E-state index contributed by atoms with van der Waals surface area (Å²) in [6, 6.07) is 4.26. The molecule has 0 heterocycles. The molecule has 0 aromatic heterocycles. The van der Waals surface area contributed by atoms with E-state index >= 15 is 0 Å². The number of carbonyl (C=O) groups excluding carboxylic acids is 3. The number of halogens is 1. The minimum Gasteiger partial charge on any atom is -0.449 e. The Morgan fingerprint density at radius 3 is 2.38 bits per heavy atom. The van der Waals surface area contributed by atoms with Gasteiger partial charge in [0, 0.05) is 6.04 Å². The summed E-state index contributed by atoms with van der Waals surface area (Å²) in [6.07, 6.45) is 3.94. The Kier molecular flexibility index (Phi) is 6.28. The number of benzene rings is 1. The van der Waals surface area contributed by atoms with Crippen molar-refractivity contribution in [1.29, 1.82) is 0 Å². The average Bonchev–Trinajstić information content (AvgIpc) is 2.56. The third-order valence-electron chi connectivity index (χ3n) is 3.91. The maximum Gasteiger partial charge on any atom is 0.338 e. The largest absolute Gasteiger partial charge is 0.449 e. The maximum atomic E-state index is 12.8. The minimum absolute atomic E-state index is 0.0728. The fraction of sp³-hybridized carbons (Fsp3) is 0.471. The Bertz CT molecular complexity index is 597. The highest BCUT2D eigenvalue weighted by Gasteiger charge is 2.22. The lowest BCUT2D eigenvalue weighted by Crippen LogP contribution is -2.48. The number of amides is 3. The van der Waals surface area contributed by atoms with Gasteiger partial charge in [-0.15, -0.1) is 0 Å². The van der Waals surface area contributed by atoms with E-state index in [1.165, 1.54) is 19.1 Å². The lowest BCUT2D eigenvalue weighted by atomic mass is 9.96. The molecule has 24 heavy (non-hydrogen) atoms. The summed E-state index contributed by atoms with van der Waals surface area (Å²) in [5.41, 5.74) is 0.128. The summed E-state index contributed by atoms with van der Waals surface area (Å²) in [4.78, 5) is 35.5. The topological polar surface area (TPSA) is 84.5 Å². The van der Waals surface area contributed by atoms with Crippen molar-refractivity contribution in [2.24, 2.45) is 0 Å². The van der Waals surface area contributed by atoms with Gasteiger partial charge < -0.3 is 10.1 Å². The van der Waals surface area contributed by atoms with Crippen molar-refractivity contribution < 1.29 is 23.5 Å². The first-order valence-corrected chi connectivity index (χ1v) is 8.03. The zero-order chi connectivity index (χ0) is 17.5. The van der Waals surface area contributed by atoms with Crippen molar-refractivity contribution in [1.82, 2.24) is 10.6 Å². The highest BCUT2D eigenvalue weighted by Crippen LogP contribution is 2.17. The predicted molar refractivity (Wildman–Crippen MR) is 84.8 cm³/mol. The molecule has 1 atom stereocenters. The first kappa shape index (κ1) is 17.9. The second-order valence-corrected chi connectivity index (χ2v) is 5.85. The molecule has 1 aromatic rings. The van der Waals surface area contributed by atoms with E-state index in [4.69, 9.17) is 4.74 Å². The van der Waals surface area contributed by atoms with E-state index in [2.05, 4.69) is 10.6 Å². The number of nitrogens with one attached hydrogen (secondary N) is 2. The van der Waals surface area contributed by atoms with Crippen LogP contribution in [-0.4, -0.2) is 30.1 Å². The molecule has 130 valence electrons. The number of ether oxygens (including phenoxy) is 1. The van der Waals surface area contributed by atoms with E-state index in [-0.39, 0.29) is 11.6 Å². The molecule has 3 amide bonds. The molecule has 0 aliphatic heterocycles. The van der Waals surface area contributed by atoms with Gasteiger partial charge in [-0.3, -0.25) is 10.1 Å². The van der Waals surface area contributed by atoms with Crippen LogP contribution >= 0.6 is 0 Å². The normalized spacial score (nSPS) is 16.1. The molecule has 0 bridgehead atoms. The molecule has 0 saturated heterocycles. The fourth-order valence-electron chi connectivity index (χ4n) is 2.55. The Hall–Kier alpha value is -2.44. The molecule has 0 radical (unpaired) electrons. The second-order valence-electron chi connectivity index (χ2n) is 5.85. The van der Waals surface area contributed by atoms with E-state index in [0.717, 1.165) is 44.2 Å². The number of urea groups is 1. The Balaban J connectivity index is 1.79. The zero-order valence-electron chi connectivity index (χ0n) is 13.5. The highest BCUT2D eigenvalue weighted by atomic mass is 19.1. The molecule has 1 aliphatic carbocycles. The molecule has 2 N–H and O–H groups in total. The maximum absolute atomic E-state index is 12.8. The third kappa shape index (κ3) is 5.33. The number of esters is 1. The van der Waals surface area contributed by atoms with Crippen LogP contribution in [0.5, 0.6) is 0 Å². The molecular weight excluding hydrogens is 315 g/mol. The van der Waals surface area contributed by atoms with Crippen LogP contribution < -0.4 is 10.6 Å². The van der Waals surface area contributed by atoms with Gasteiger partial charge in [0.15, 0.2) is 6.10 Å². The fourth-order valence-corrected chi connectivity index (χ4v) is 2.55. The lowest BCUT2D eigenvalue weighted by Gasteiger charge is -2.23. The summed E-state index contributed by atoms with van der Waals surface area (Å²) >= 11 is 0. The van der Waals surface area contributed by atoms with Crippen LogP contribution in [0.15, 0.2) is 24.3 Å². The Morgan fingerprint density at radius 1 is 1.12 bits per heavy atom. The van der Waals surface area contributed by atoms with Crippen molar-refractivity contribution in [3.05, 3.63) is 35.6 Å². The molecule has 1 saturated carbocycles. The molecule has 6 nitrogen and oxygen atoms in total. The van der Waals surface area contributed by atoms with Crippen LogP contribution in [0.4, 0.5) is 9.18 Å². The van der Waals surface area contributed by atoms with Gasteiger partial charge in [-0.2, -0.15) is 0 Å². The van der Waals surface area contributed by atoms with Crippen LogP contribution in [0.1, 0.15) is 49.4 Å². The minimum atomic E-state index is -1.14. The quantitative estimate of drug-likeness (QED) is 0.828. The number of imide groups is 1. The zero-order valence-corrected chi connectivity index (χ0v) is 13.5. The molecule has 1 fully saturated rings. The van der Waals surface area contributed by atoms with Crippen LogP contribution in [0, 0.1) is 5.82 Å². The molecule has 7 heteroatoms. The second kappa shape index (κ2) is 8.42. The standard InChI is InChI=1S/C17H21FN2O4/c1-11(24-16(22)12-7-9-13(18)10-8-12)15(21)20-17(23)19-14-5-3-2-4-6-14/h7-11,14H,2-6H2,1H3,(H2,19,20,21,23)/t11-/m1/s1. The molecule has 0 spiro atoms. The smallest absolute Gasteiger partial charge is 0.338 e. The van der Waals surface area contributed by atoms with Crippen molar-refractivity contribution in [2.75, 3.05) is 0 Å². The van der Waals surface area contributed by atoms with Gasteiger partial charge in [0.1, 0.15) is 5.82 Å². The van der Waals surface area contributed by atoms with Crippen molar-refractivity contribution >= 4 is 17.9 Å². The Labute approximate surface area is 139 Å². The number of carbonyl (C=O) groups is 3. The Morgan fingerprint density at radius 2 is 1.75 bits per heavy atom. The molecule has 0 unspecified atom stereocenters. The lowest BCUT2D eigenvalue weighted by molar-refractivity contribution is -0.127. The SMILES string of the molecule is C[C@@H](OC(=O)c1ccc(F)cc1)C(=O)NC(=O)NC1CCCCC1. The summed E-state index contributed by atoms with van der Waals surface area (Å²) < 4.78 is 17.8. The van der Waals surface area contributed by atoms with Gasteiger partial charge in [-0.1, -0.05) is 19.3 Å².